The predicted octanol–water partition coefficient (Wildman–Crippen LogP) is 3.62. The predicted molar refractivity (Wildman–Crippen MR) is 84.7 cm³/mol. The van der Waals surface area contributed by atoms with E-state index in [0.29, 0.717) is 18.8 Å². The molecule has 0 atom stereocenters. The van der Waals surface area contributed by atoms with Crippen LogP contribution in [-0.2, 0) is 11.3 Å². The van der Waals surface area contributed by atoms with Crippen LogP contribution in [0.15, 0.2) is 24.3 Å². The van der Waals surface area contributed by atoms with Crippen LogP contribution in [0.2, 0.25) is 0 Å². The van der Waals surface area contributed by atoms with E-state index in [2.05, 4.69) is 29.2 Å². The highest BCUT2D eigenvalue weighted by molar-refractivity contribution is 5.27. The Balaban J connectivity index is 1.53. The molecule has 0 unspecified atom stereocenters. The molecule has 3 rings (SSSR count). The van der Waals surface area contributed by atoms with Crippen molar-refractivity contribution in [3.63, 3.8) is 0 Å². The second-order valence-corrected chi connectivity index (χ2v) is 6.44. The number of hydrogen-bond acceptors (Lipinski definition) is 3. The first kappa shape index (κ1) is 14.9. The maximum atomic E-state index is 5.62. The SMILES string of the molecule is COCCOc1ccc(CN2CCC23CCCCC3)cc1. The van der Waals surface area contributed by atoms with Crippen molar-refractivity contribution in [1.29, 1.82) is 0 Å². The molecule has 1 saturated carbocycles. The highest BCUT2D eigenvalue weighted by atomic mass is 16.5. The summed E-state index contributed by atoms with van der Waals surface area (Å²) in [5.41, 5.74) is 1.95. The van der Waals surface area contributed by atoms with Crippen LogP contribution in [0.5, 0.6) is 5.75 Å². The van der Waals surface area contributed by atoms with E-state index < -0.39 is 0 Å². The van der Waals surface area contributed by atoms with Crippen molar-refractivity contribution in [2.24, 2.45) is 0 Å². The van der Waals surface area contributed by atoms with E-state index in [-0.39, 0.29) is 0 Å². The molecule has 1 aromatic rings. The molecule has 0 amide bonds. The minimum Gasteiger partial charge on any atom is -0.491 e. The number of ether oxygens (including phenoxy) is 2. The van der Waals surface area contributed by atoms with E-state index in [4.69, 9.17) is 9.47 Å². The van der Waals surface area contributed by atoms with Crippen LogP contribution < -0.4 is 4.74 Å². The lowest BCUT2D eigenvalue weighted by molar-refractivity contribution is -0.0486. The normalized spacial score (nSPS) is 21.2. The van der Waals surface area contributed by atoms with Gasteiger partial charge >= 0.3 is 0 Å². The topological polar surface area (TPSA) is 21.7 Å². The van der Waals surface area contributed by atoms with Gasteiger partial charge in [-0.25, -0.2) is 0 Å². The van der Waals surface area contributed by atoms with Crippen molar-refractivity contribution < 1.29 is 9.47 Å². The van der Waals surface area contributed by atoms with E-state index in [0.717, 1.165) is 12.3 Å². The van der Waals surface area contributed by atoms with Crippen LogP contribution in [0.1, 0.15) is 44.1 Å². The van der Waals surface area contributed by atoms with Gasteiger partial charge in [0, 0.05) is 25.7 Å². The molecule has 1 aromatic carbocycles. The minimum absolute atomic E-state index is 0.548. The van der Waals surface area contributed by atoms with E-state index in [9.17, 15) is 0 Å². The molecule has 0 N–H and O–H groups in total. The number of likely N-dealkylation sites (tertiary alicyclic amines) is 1. The standard InChI is InChI=1S/C18H27NO2/c1-20-13-14-21-17-7-5-16(6-8-17)15-19-12-11-18(19)9-3-2-4-10-18/h5-8H,2-4,9-15H2,1H3. The van der Waals surface area contributed by atoms with Crippen molar-refractivity contribution in [2.75, 3.05) is 26.9 Å². The number of rotatable bonds is 6. The molecule has 1 aliphatic heterocycles. The van der Waals surface area contributed by atoms with Crippen molar-refractivity contribution in [2.45, 2.75) is 50.6 Å². The third-order valence-electron chi connectivity index (χ3n) is 5.16. The van der Waals surface area contributed by atoms with E-state index in [1.165, 1.54) is 50.6 Å². The van der Waals surface area contributed by atoms with Gasteiger partial charge < -0.3 is 9.47 Å². The molecular weight excluding hydrogens is 262 g/mol. The molecule has 0 bridgehead atoms. The van der Waals surface area contributed by atoms with E-state index in [1.807, 2.05) is 0 Å². The summed E-state index contributed by atoms with van der Waals surface area (Å²) < 4.78 is 10.6. The van der Waals surface area contributed by atoms with Gasteiger partial charge in [-0.05, 0) is 37.0 Å². The zero-order chi connectivity index (χ0) is 14.5. The number of methoxy groups -OCH3 is 1. The second kappa shape index (κ2) is 6.80. The summed E-state index contributed by atoms with van der Waals surface area (Å²) in [6.45, 7) is 3.62. The third-order valence-corrected chi connectivity index (χ3v) is 5.16. The molecule has 3 heteroatoms. The first-order valence-electron chi connectivity index (χ1n) is 8.28. The fourth-order valence-electron chi connectivity index (χ4n) is 3.76. The highest BCUT2D eigenvalue weighted by Crippen LogP contribution is 2.43. The Morgan fingerprint density at radius 1 is 1.00 bits per heavy atom. The Kier molecular flexibility index (Phi) is 4.81. The van der Waals surface area contributed by atoms with Gasteiger partial charge in [-0.1, -0.05) is 31.4 Å². The lowest BCUT2D eigenvalue weighted by Crippen LogP contribution is -2.59. The molecule has 0 aromatic heterocycles. The smallest absolute Gasteiger partial charge is 0.119 e. The minimum atomic E-state index is 0.548. The summed E-state index contributed by atoms with van der Waals surface area (Å²) >= 11 is 0. The maximum absolute atomic E-state index is 5.62. The van der Waals surface area contributed by atoms with Gasteiger partial charge in [-0.3, -0.25) is 4.90 Å². The largest absolute Gasteiger partial charge is 0.491 e. The molecule has 1 spiro atoms. The molecular formula is C18H27NO2. The van der Waals surface area contributed by atoms with Gasteiger partial charge in [0.05, 0.1) is 6.61 Å². The molecule has 3 nitrogen and oxygen atoms in total. The van der Waals surface area contributed by atoms with Gasteiger partial charge in [-0.15, -0.1) is 0 Å². The highest BCUT2D eigenvalue weighted by Gasteiger charge is 2.44. The molecule has 116 valence electrons. The van der Waals surface area contributed by atoms with Gasteiger partial charge in [0.1, 0.15) is 12.4 Å². The zero-order valence-corrected chi connectivity index (χ0v) is 13.1. The molecule has 0 radical (unpaired) electrons. The van der Waals surface area contributed by atoms with Crippen LogP contribution in [0.3, 0.4) is 0 Å². The van der Waals surface area contributed by atoms with Crippen LogP contribution in [-0.4, -0.2) is 37.3 Å². The molecule has 1 saturated heterocycles. The Labute approximate surface area is 128 Å². The van der Waals surface area contributed by atoms with E-state index >= 15 is 0 Å². The van der Waals surface area contributed by atoms with Crippen molar-refractivity contribution in [1.82, 2.24) is 4.90 Å². The first-order chi connectivity index (χ1) is 10.3. The Hall–Kier alpha value is -1.06. The third kappa shape index (κ3) is 3.41. The monoisotopic (exact) mass is 289 g/mol. The first-order valence-corrected chi connectivity index (χ1v) is 8.28. The Morgan fingerprint density at radius 3 is 2.38 bits per heavy atom. The molecule has 1 aliphatic carbocycles. The van der Waals surface area contributed by atoms with Gasteiger partial charge in [0.15, 0.2) is 0 Å². The van der Waals surface area contributed by atoms with Gasteiger partial charge in [-0.2, -0.15) is 0 Å². The van der Waals surface area contributed by atoms with Gasteiger partial charge in [0.25, 0.3) is 0 Å². The van der Waals surface area contributed by atoms with Crippen LogP contribution in [0, 0.1) is 0 Å². The summed E-state index contributed by atoms with van der Waals surface area (Å²) in [4.78, 5) is 2.70. The van der Waals surface area contributed by atoms with Crippen LogP contribution in [0.4, 0.5) is 0 Å². The van der Waals surface area contributed by atoms with Crippen LogP contribution >= 0.6 is 0 Å². The lowest BCUT2D eigenvalue weighted by atomic mass is 9.72. The second-order valence-electron chi connectivity index (χ2n) is 6.44. The Morgan fingerprint density at radius 2 is 1.76 bits per heavy atom. The molecule has 21 heavy (non-hydrogen) atoms. The summed E-state index contributed by atoms with van der Waals surface area (Å²) in [7, 11) is 1.70. The average Bonchev–Trinajstić information content (AvgIpc) is 2.54. The van der Waals surface area contributed by atoms with Crippen molar-refractivity contribution >= 4 is 0 Å². The zero-order valence-electron chi connectivity index (χ0n) is 13.1. The van der Waals surface area contributed by atoms with Crippen molar-refractivity contribution in [3.8, 4) is 5.75 Å². The summed E-state index contributed by atoms with van der Waals surface area (Å²) in [6, 6.07) is 8.57. The molecule has 2 aliphatic rings. The molecule has 1 heterocycles. The number of nitrogens with zero attached hydrogens (tertiary/aromatic N) is 1. The lowest BCUT2D eigenvalue weighted by Gasteiger charge is -2.55. The summed E-state index contributed by atoms with van der Waals surface area (Å²) in [5, 5.41) is 0. The summed E-state index contributed by atoms with van der Waals surface area (Å²) in [6.07, 6.45) is 8.50. The molecule has 2 fully saturated rings. The van der Waals surface area contributed by atoms with Crippen molar-refractivity contribution in [3.05, 3.63) is 29.8 Å². The fraction of sp³-hybridized carbons (Fsp3) is 0.667. The average molecular weight is 289 g/mol. The van der Waals surface area contributed by atoms with E-state index in [1.54, 1.807) is 7.11 Å². The maximum Gasteiger partial charge on any atom is 0.119 e. The Bertz CT molecular complexity index is 437. The van der Waals surface area contributed by atoms with Gasteiger partial charge in [0.2, 0.25) is 0 Å². The van der Waals surface area contributed by atoms with Crippen LogP contribution in [0.25, 0.3) is 0 Å². The fourth-order valence-corrected chi connectivity index (χ4v) is 3.76. The number of benzene rings is 1. The summed E-state index contributed by atoms with van der Waals surface area (Å²) in [5.74, 6) is 0.937. The number of hydrogen-bond donors (Lipinski definition) is 0. The quantitative estimate of drug-likeness (QED) is 0.747.